The maximum Gasteiger partial charge on any atom is 0.306 e. The summed E-state index contributed by atoms with van der Waals surface area (Å²) in [6.07, 6.45) is 0.592. The molecule has 106 valence electrons. The van der Waals surface area contributed by atoms with Gasteiger partial charge in [-0.1, -0.05) is 5.10 Å². The molecule has 2 rings (SSSR count). The van der Waals surface area contributed by atoms with E-state index in [9.17, 15) is 13.2 Å². The first-order valence-corrected chi connectivity index (χ1v) is 7.07. The van der Waals surface area contributed by atoms with Crippen molar-refractivity contribution in [1.82, 2.24) is 24.5 Å². The molecule has 10 nitrogen and oxygen atoms in total. The Hall–Kier alpha value is -1.75. The highest BCUT2D eigenvalue weighted by molar-refractivity contribution is 7.90. The second kappa shape index (κ2) is 5.09. The van der Waals surface area contributed by atoms with Crippen molar-refractivity contribution >= 4 is 22.1 Å². The average molecular weight is 290 g/mol. The summed E-state index contributed by atoms with van der Waals surface area (Å²) in [6.45, 7) is 0.319. The number of hydrogen-bond donors (Lipinski definition) is 2. The zero-order valence-electron chi connectivity index (χ0n) is 10.2. The van der Waals surface area contributed by atoms with E-state index in [1.165, 1.54) is 11.4 Å². The highest BCUT2D eigenvalue weighted by Crippen LogP contribution is 2.20. The molecule has 1 aliphatic heterocycles. The van der Waals surface area contributed by atoms with E-state index in [1.807, 2.05) is 0 Å². The number of anilines is 1. The third kappa shape index (κ3) is 3.17. The molecule has 0 aliphatic carbocycles. The van der Waals surface area contributed by atoms with E-state index in [0.717, 1.165) is 4.80 Å². The molecule has 1 aromatic rings. The van der Waals surface area contributed by atoms with Gasteiger partial charge in [-0.25, -0.2) is 4.72 Å². The number of aliphatic carboxylic acids is 1. The van der Waals surface area contributed by atoms with Gasteiger partial charge in [0.25, 0.3) is 5.95 Å². The van der Waals surface area contributed by atoms with E-state index in [1.54, 1.807) is 0 Å². The standard InChI is InChI=1S/C8H14N6O4S/c1-13-10-8(9-12-13)11-19(17,18)14-4-2-6(3-5-14)7(15)16/h6H,2-5H2,1H3,(H,10,11)(H,15,16). The Balaban J connectivity index is 1.99. The Labute approximate surface area is 109 Å². The molecule has 0 unspecified atom stereocenters. The first kappa shape index (κ1) is 13.7. The Morgan fingerprint density at radius 3 is 2.53 bits per heavy atom. The van der Waals surface area contributed by atoms with Crippen LogP contribution in [0.4, 0.5) is 5.95 Å². The van der Waals surface area contributed by atoms with E-state index >= 15 is 0 Å². The van der Waals surface area contributed by atoms with Gasteiger partial charge in [-0.05, 0) is 18.1 Å². The quantitative estimate of drug-likeness (QED) is 0.702. The molecule has 19 heavy (non-hydrogen) atoms. The van der Waals surface area contributed by atoms with Crippen molar-refractivity contribution < 1.29 is 18.3 Å². The summed E-state index contributed by atoms with van der Waals surface area (Å²) in [6, 6.07) is 0. The van der Waals surface area contributed by atoms with Crippen LogP contribution in [0.1, 0.15) is 12.8 Å². The van der Waals surface area contributed by atoms with Crippen LogP contribution >= 0.6 is 0 Å². The summed E-state index contributed by atoms with van der Waals surface area (Å²) >= 11 is 0. The number of rotatable bonds is 4. The molecular formula is C8H14N6O4S. The molecule has 2 heterocycles. The Kier molecular flexibility index (Phi) is 3.66. The second-order valence-electron chi connectivity index (χ2n) is 4.22. The molecule has 1 fully saturated rings. The largest absolute Gasteiger partial charge is 0.481 e. The average Bonchev–Trinajstić information content (AvgIpc) is 2.74. The smallest absolute Gasteiger partial charge is 0.306 e. The summed E-state index contributed by atoms with van der Waals surface area (Å²) in [5.41, 5.74) is 0. The van der Waals surface area contributed by atoms with E-state index in [-0.39, 0.29) is 19.0 Å². The van der Waals surface area contributed by atoms with Crippen molar-refractivity contribution in [3.63, 3.8) is 0 Å². The SMILES string of the molecule is Cn1nnc(NS(=O)(=O)N2CCC(C(=O)O)CC2)n1. The number of tetrazole rings is 1. The van der Waals surface area contributed by atoms with Crippen LogP contribution < -0.4 is 4.72 Å². The first-order valence-electron chi connectivity index (χ1n) is 5.63. The van der Waals surface area contributed by atoms with Crippen molar-refractivity contribution in [1.29, 1.82) is 0 Å². The molecule has 1 aliphatic rings. The Morgan fingerprint density at radius 1 is 1.42 bits per heavy atom. The summed E-state index contributed by atoms with van der Waals surface area (Å²) in [7, 11) is -2.24. The fraction of sp³-hybridized carbons (Fsp3) is 0.750. The molecule has 0 bridgehead atoms. The topological polar surface area (TPSA) is 130 Å². The number of nitrogens with zero attached hydrogens (tertiary/aromatic N) is 5. The van der Waals surface area contributed by atoms with Gasteiger partial charge in [0.2, 0.25) is 0 Å². The molecule has 0 saturated carbocycles. The van der Waals surface area contributed by atoms with E-state index in [4.69, 9.17) is 5.11 Å². The van der Waals surface area contributed by atoms with Gasteiger partial charge in [0.15, 0.2) is 0 Å². The molecule has 0 atom stereocenters. The molecule has 0 aromatic carbocycles. The molecular weight excluding hydrogens is 276 g/mol. The number of hydrogen-bond acceptors (Lipinski definition) is 6. The van der Waals surface area contributed by atoms with E-state index < -0.39 is 22.1 Å². The van der Waals surface area contributed by atoms with Crippen molar-refractivity contribution in [3.8, 4) is 0 Å². The minimum Gasteiger partial charge on any atom is -0.481 e. The Morgan fingerprint density at radius 2 is 2.05 bits per heavy atom. The molecule has 1 saturated heterocycles. The number of carboxylic acid groups (broad SMARTS) is 1. The van der Waals surface area contributed by atoms with Crippen LogP contribution in [-0.2, 0) is 22.1 Å². The lowest BCUT2D eigenvalue weighted by Crippen LogP contribution is -2.43. The zero-order chi connectivity index (χ0) is 14.0. The number of piperidine rings is 1. The lowest BCUT2D eigenvalue weighted by molar-refractivity contribution is -0.142. The van der Waals surface area contributed by atoms with Crippen molar-refractivity contribution in [2.45, 2.75) is 12.8 Å². The van der Waals surface area contributed by atoms with Crippen LogP contribution in [-0.4, -0.2) is 57.1 Å². The predicted octanol–water partition coefficient (Wildman–Crippen LogP) is -1.34. The van der Waals surface area contributed by atoms with Gasteiger partial charge in [0.1, 0.15) is 0 Å². The Bertz CT molecular complexity index is 562. The number of nitrogens with one attached hydrogen (secondary N) is 1. The molecule has 2 N–H and O–H groups in total. The summed E-state index contributed by atoms with van der Waals surface area (Å²) in [4.78, 5) is 11.9. The van der Waals surface area contributed by atoms with Gasteiger partial charge >= 0.3 is 16.2 Å². The van der Waals surface area contributed by atoms with Gasteiger partial charge in [-0.3, -0.25) is 4.79 Å². The molecule has 0 amide bonds. The molecule has 1 aromatic heterocycles. The highest BCUT2D eigenvalue weighted by atomic mass is 32.2. The fourth-order valence-corrected chi connectivity index (χ4v) is 2.98. The minimum absolute atomic E-state index is 0.108. The zero-order valence-corrected chi connectivity index (χ0v) is 11.0. The first-order chi connectivity index (χ1) is 8.88. The number of carboxylic acids is 1. The lowest BCUT2D eigenvalue weighted by atomic mass is 9.99. The van der Waals surface area contributed by atoms with Crippen LogP contribution in [0.25, 0.3) is 0 Å². The minimum atomic E-state index is -3.76. The van der Waals surface area contributed by atoms with Crippen LogP contribution in [0, 0.1) is 5.92 Å². The maximum absolute atomic E-state index is 12.0. The van der Waals surface area contributed by atoms with Crippen LogP contribution in [0.15, 0.2) is 0 Å². The van der Waals surface area contributed by atoms with Gasteiger partial charge in [-0.2, -0.15) is 17.5 Å². The van der Waals surface area contributed by atoms with Crippen molar-refractivity contribution in [3.05, 3.63) is 0 Å². The highest BCUT2D eigenvalue weighted by Gasteiger charge is 2.31. The van der Waals surface area contributed by atoms with E-state index in [0.29, 0.717) is 12.8 Å². The molecule has 0 radical (unpaired) electrons. The second-order valence-corrected chi connectivity index (χ2v) is 5.89. The van der Waals surface area contributed by atoms with Crippen LogP contribution in [0.3, 0.4) is 0 Å². The third-order valence-corrected chi connectivity index (χ3v) is 4.36. The number of aryl methyl sites for hydroxylation is 1. The van der Waals surface area contributed by atoms with E-state index in [2.05, 4.69) is 20.1 Å². The number of carbonyl (C=O) groups is 1. The molecule has 11 heteroatoms. The normalized spacial score (nSPS) is 18.4. The van der Waals surface area contributed by atoms with Gasteiger partial charge in [0, 0.05) is 13.1 Å². The third-order valence-electron chi connectivity index (χ3n) is 2.87. The summed E-state index contributed by atoms with van der Waals surface area (Å²) in [5.74, 6) is -1.48. The van der Waals surface area contributed by atoms with Crippen molar-refractivity contribution in [2.75, 3.05) is 17.8 Å². The van der Waals surface area contributed by atoms with Crippen LogP contribution in [0.5, 0.6) is 0 Å². The fourth-order valence-electron chi connectivity index (χ4n) is 1.85. The van der Waals surface area contributed by atoms with Gasteiger partial charge in [-0.15, -0.1) is 5.10 Å². The van der Waals surface area contributed by atoms with Crippen LogP contribution in [0.2, 0.25) is 0 Å². The molecule has 0 spiro atoms. The van der Waals surface area contributed by atoms with Gasteiger partial charge in [0.05, 0.1) is 13.0 Å². The lowest BCUT2D eigenvalue weighted by Gasteiger charge is -2.28. The summed E-state index contributed by atoms with van der Waals surface area (Å²) < 4.78 is 27.4. The van der Waals surface area contributed by atoms with Gasteiger partial charge < -0.3 is 5.11 Å². The summed E-state index contributed by atoms with van der Waals surface area (Å²) in [5, 5.41) is 19.6. The monoisotopic (exact) mass is 290 g/mol. The maximum atomic E-state index is 12.0. The number of aromatic nitrogens is 4. The predicted molar refractivity (Wildman–Crippen MR) is 63.3 cm³/mol. The van der Waals surface area contributed by atoms with Crippen molar-refractivity contribution in [2.24, 2.45) is 13.0 Å².